The molecule has 0 aliphatic rings. The second kappa shape index (κ2) is 70.1. The van der Waals surface area contributed by atoms with E-state index in [2.05, 4.69) is 520 Å². The van der Waals surface area contributed by atoms with Crippen molar-refractivity contribution in [2.45, 2.75) is 52.6 Å². The molecule has 0 aliphatic carbocycles. The number of halogens is 4. The molecular weight excluding hydrogens is 2060 g/mol. The molecule has 0 fully saturated rings. The zero-order valence-electron chi connectivity index (χ0n) is 72.4. The van der Waals surface area contributed by atoms with Crippen molar-refractivity contribution in [2.75, 3.05) is 0 Å². The molecule has 0 N–H and O–H groups in total. The Bertz CT molecular complexity index is 4400. The number of benzene rings is 15. The molecule has 17 rings (SSSR count). The third-order valence-electron chi connectivity index (χ3n) is 18.6. The summed E-state index contributed by atoms with van der Waals surface area (Å²) in [5, 5.41) is 21.2. The molecule has 1 atom stereocenters. The van der Waals surface area contributed by atoms with E-state index in [-0.39, 0.29) is 67.0 Å². The van der Waals surface area contributed by atoms with Crippen LogP contribution >= 0.6 is 96.1 Å². The van der Waals surface area contributed by atoms with Crippen molar-refractivity contribution in [1.29, 1.82) is 0 Å². The van der Waals surface area contributed by atoms with Crippen molar-refractivity contribution in [2.24, 2.45) is 4.52 Å². The molecule has 2 aromatic heterocycles. The van der Waals surface area contributed by atoms with E-state index in [9.17, 15) is 0 Å². The van der Waals surface area contributed by atoms with Crippen LogP contribution in [0.1, 0.15) is 45.5 Å². The number of hydrogen-bond donors (Lipinski definition) is 0. The van der Waals surface area contributed by atoms with E-state index in [1.54, 1.807) is 0 Å². The molecule has 0 saturated carbocycles. The van der Waals surface area contributed by atoms with Gasteiger partial charge in [0.05, 0.1) is 15.8 Å². The predicted molar refractivity (Wildman–Crippen MR) is 587 cm³/mol. The number of pyridine rings is 2. The van der Waals surface area contributed by atoms with Gasteiger partial charge in [0.1, 0.15) is 31.8 Å². The first-order valence-electron chi connectivity index (χ1n) is 41.4. The van der Waals surface area contributed by atoms with Gasteiger partial charge in [0.15, 0.2) is 0 Å². The maximum Gasteiger partial charge on any atom is 0.102 e. The van der Waals surface area contributed by atoms with Crippen LogP contribution in [0, 0.1) is 27.7 Å². The van der Waals surface area contributed by atoms with Gasteiger partial charge in [0.2, 0.25) is 0 Å². The fraction of sp³-hybridized carbons (Fsp3) is 0.0714. The van der Waals surface area contributed by atoms with Crippen LogP contribution in [-0.4, -0.2) is 24.0 Å². The number of rotatable bonds is 20. The monoisotopic (exact) mass is 2180 g/mol. The predicted octanol–water partition coefficient (Wildman–Crippen LogP) is 25.7. The molecular formula is C112H115BCl4N3P7Ru3+2. The first-order chi connectivity index (χ1) is 62.6. The molecule has 2 heterocycles. The minimum atomic E-state index is -0.877. The van der Waals surface area contributed by atoms with Crippen LogP contribution in [0.4, 0.5) is 0 Å². The van der Waals surface area contributed by atoms with E-state index < -0.39 is 39.6 Å². The van der Waals surface area contributed by atoms with Crippen molar-refractivity contribution in [3.05, 3.63) is 542 Å². The Balaban J connectivity index is 0.000000315. The first-order valence-corrected chi connectivity index (χ1v) is 58.8. The maximum absolute atomic E-state index is 4.85. The summed E-state index contributed by atoms with van der Waals surface area (Å²) in [5.41, 5.74) is 4.85. The third kappa shape index (κ3) is 41.5. The molecule has 15 aromatic carbocycles. The normalized spacial score (nSPS) is 10.1. The van der Waals surface area contributed by atoms with Gasteiger partial charge in [-0.05, 0) is 178 Å². The molecule has 0 amide bonds. The average molecular weight is 2180 g/mol. The van der Waals surface area contributed by atoms with Crippen LogP contribution < -0.4 is 79.6 Å². The fourth-order valence-corrected chi connectivity index (χ4v) is 26.1. The summed E-state index contributed by atoms with van der Waals surface area (Å²) in [6.45, 7) is 19.3. The van der Waals surface area contributed by atoms with Crippen LogP contribution in [-0.2, 0) is 75.5 Å². The van der Waals surface area contributed by atoms with Crippen molar-refractivity contribution >= 4 is 184 Å². The first kappa shape index (κ1) is 113. The van der Waals surface area contributed by atoms with Gasteiger partial charge in [-0.25, -0.2) is 0 Å². The molecule has 0 aliphatic heterocycles. The van der Waals surface area contributed by atoms with Gasteiger partial charge in [-0.3, -0.25) is 14.5 Å². The largest absolute Gasteiger partial charge is 0.102 e. The summed E-state index contributed by atoms with van der Waals surface area (Å²) in [4.78, 5) is 8.57. The van der Waals surface area contributed by atoms with Crippen LogP contribution in [0.25, 0.3) is 0 Å². The molecule has 18 heteroatoms. The van der Waals surface area contributed by atoms with E-state index in [4.69, 9.17) is 38.8 Å². The average Bonchev–Trinajstić information content (AvgIpc) is 0.840. The Kier molecular flexibility index (Phi) is 60.9. The van der Waals surface area contributed by atoms with E-state index >= 15 is 0 Å². The van der Waals surface area contributed by atoms with E-state index in [0.29, 0.717) is 5.66 Å². The number of nitrogens with zero attached hydrogens (tertiary/aromatic N) is 3. The molecule has 0 saturated heterocycles. The fourth-order valence-electron chi connectivity index (χ4n) is 12.9. The number of aromatic nitrogens is 2. The van der Waals surface area contributed by atoms with E-state index in [0.717, 1.165) is 48.5 Å². The summed E-state index contributed by atoms with van der Waals surface area (Å²) in [7, 11) is 19.8. The summed E-state index contributed by atoms with van der Waals surface area (Å²) >= 11 is -0.691. The molecule has 0 bridgehead atoms. The van der Waals surface area contributed by atoms with Gasteiger partial charge in [0.25, 0.3) is 0 Å². The van der Waals surface area contributed by atoms with Crippen LogP contribution in [0.2, 0.25) is 0 Å². The zero-order chi connectivity index (χ0) is 89.8. The Hall–Kier alpha value is -7.62. The molecule has 3 nitrogen and oxygen atoms in total. The van der Waals surface area contributed by atoms with Crippen LogP contribution in [0.3, 0.4) is 0 Å². The standard InChI is InChI=1S/5C18H15P.2C9H11N.C3H9NP2.CH4.B.4ClH.3Ru.H2.H/c5*1-4-10-16(11-5-1)19(17-12-6-2-7-13-17)18-14-8-3-9-15-18;2*1-3-8-6-5-7-9(4-2)10-8;1-3(2)6-4-5;;;;;;;;;;;/h5*1-15H;2*5-7H,1-4H2;3H,5H2,1-2H3;1H4;;4*1H;;;;1H;/q;;;;;2*-2;;;;;;;;2*+2;+4;;/p-2. The summed E-state index contributed by atoms with van der Waals surface area (Å²) in [5.74, 6) is 0. The van der Waals surface area contributed by atoms with Gasteiger partial charge >= 0.3 is 88.5 Å². The minimum Gasteiger partial charge on any atom is -0.0622 e. The second-order valence-electron chi connectivity index (χ2n) is 27.6. The summed E-state index contributed by atoms with van der Waals surface area (Å²) in [6.07, 6.45) is 3.03. The topological polar surface area (TPSA) is 38.1 Å². The van der Waals surface area contributed by atoms with Gasteiger partial charge in [-0.15, -0.1) is 25.7 Å². The van der Waals surface area contributed by atoms with Crippen LogP contribution in [0.5, 0.6) is 0 Å². The van der Waals surface area contributed by atoms with Crippen molar-refractivity contribution in [3.8, 4) is 0 Å². The Labute approximate surface area is 835 Å². The van der Waals surface area contributed by atoms with Gasteiger partial charge in [-0.1, -0.05) is 416 Å². The third-order valence-corrected chi connectivity index (χ3v) is 32.3. The van der Waals surface area contributed by atoms with Gasteiger partial charge in [0, 0.05) is 46.6 Å². The maximum atomic E-state index is 4.85. The Morgan fingerprint density at radius 2 is 0.415 bits per heavy atom. The van der Waals surface area contributed by atoms with Gasteiger partial charge < -0.3 is 27.7 Å². The second-order valence-corrected chi connectivity index (χ2v) is 46.7. The smallest absolute Gasteiger partial charge is 0.0622 e. The summed E-state index contributed by atoms with van der Waals surface area (Å²) in [6, 6.07) is 174. The minimum absolute atomic E-state index is 0. The quantitative estimate of drug-likeness (QED) is 0.0433. The molecule has 3 radical (unpaired) electrons. The molecule has 0 spiro atoms. The molecule has 1 unspecified atom stereocenters. The molecule has 130 heavy (non-hydrogen) atoms. The summed E-state index contributed by atoms with van der Waals surface area (Å²) < 4.78 is 3.82. The zero-order valence-corrected chi connectivity index (χ0v) is 87.5. The Morgan fingerprint density at radius 1 is 0.292 bits per heavy atom. The van der Waals surface area contributed by atoms with Crippen LogP contribution in [0.15, 0.2) is 496 Å². The van der Waals surface area contributed by atoms with Crippen molar-refractivity contribution in [3.63, 3.8) is 0 Å². The van der Waals surface area contributed by atoms with Gasteiger partial charge in [-0.2, -0.15) is 0 Å². The van der Waals surface area contributed by atoms with E-state index in [1.165, 1.54) is 87.9 Å². The van der Waals surface area contributed by atoms with Crippen molar-refractivity contribution in [1.82, 2.24) is 9.97 Å². The number of hydrogen-bond acceptors (Lipinski definition) is 3. The van der Waals surface area contributed by atoms with E-state index in [1.807, 2.05) is 36.4 Å². The molecule has 666 valence electrons. The van der Waals surface area contributed by atoms with Crippen molar-refractivity contribution < 1.29 is 51.2 Å². The molecule has 17 aromatic rings. The Morgan fingerprint density at radius 3 is 0.515 bits per heavy atom. The SMILES string of the molecule is C.CC(C)P=NP.[B].[CH2-]Cc1cccc(C[CH2-])n1.[CH2-]Cc1cccc(C[CH2-])n1.[Cl][Ru+2][Cl].[Cl][Ru][Cl].[HH].[RuH+2].c1ccc(P(c2ccccc2)c2ccccc2)cc1.c1ccc(P(c2ccccc2)c2ccccc2)cc1.c1ccc(P(c2ccccc2)c2ccccc2)cc1.c1ccc([PH+](c2ccccc2)c2ccccc2)cc1.c1ccc([PH+](c2ccccc2)c2ccccc2)cc1.